The molecule has 0 aliphatic carbocycles. The van der Waals surface area contributed by atoms with E-state index < -0.39 is 39.4 Å². The lowest BCUT2D eigenvalue weighted by molar-refractivity contribution is -0.617. The maximum atomic E-state index is 12.4. The first-order valence-corrected chi connectivity index (χ1v) is 14.3. The number of hydroxylamine groups is 2. The molecule has 1 aromatic heterocycles. The Morgan fingerprint density at radius 1 is 0.955 bits per heavy atom. The zero-order valence-electron chi connectivity index (χ0n) is 22.8. The van der Waals surface area contributed by atoms with Crippen LogP contribution in [0.5, 0.6) is 0 Å². The van der Waals surface area contributed by atoms with Crippen LogP contribution in [0.1, 0.15) is 35.2 Å². The molecule has 0 spiro atoms. The lowest BCUT2D eigenvalue weighted by Gasteiger charge is -2.13. The predicted octanol–water partition coefficient (Wildman–Crippen LogP) is 3.77. The lowest BCUT2D eigenvalue weighted by atomic mass is 9.93. The summed E-state index contributed by atoms with van der Waals surface area (Å²) in [5, 5.41) is 12.0. The average Bonchev–Trinajstić information content (AvgIpc) is 3.27. The van der Waals surface area contributed by atoms with Gasteiger partial charge in [0.2, 0.25) is 11.0 Å². The minimum absolute atomic E-state index is 0.00958. The number of carbonyl (C=O) groups excluding carboxylic acids is 3. The van der Waals surface area contributed by atoms with Crippen molar-refractivity contribution >= 4 is 55.7 Å². The number of rotatable bonds is 6. The second-order valence-electron chi connectivity index (χ2n) is 9.60. The van der Waals surface area contributed by atoms with Crippen molar-refractivity contribution in [1.29, 1.82) is 0 Å². The van der Waals surface area contributed by atoms with E-state index in [1.807, 2.05) is 78.3 Å². The van der Waals surface area contributed by atoms with Gasteiger partial charge in [-0.15, -0.1) is 5.06 Å². The first-order chi connectivity index (χ1) is 20.6. The lowest BCUT2D eigenvalue weighted by Crippen LogP contribution is -2.32. The molecule has 11 nitrogen and oxygen atoms in total. The average molecular weight is 633 g/mol. The third kappa shape index (κ3) is 6.68. The number of halogens is 3. The van der Waals surface area contributed by atoms with E-state index in [2.05, 4.69) is 0 Å². The summed E-state index contributed by atoms with van der Waals surface area (Å²) < 4.78 is 60.9. The fraction of sp³-hybridized carbons (Fsp3) is 0.207. The van der Waals surface area contributed by atoms with Crippen LogP contribution >= 0.6 is 0 Å². The van der Waals surface area contributed by atoms with Gasteiger partial charge in [0, 0.05) is 25.0 Å². The number of carboxylic acids is 1. The fourth-order valence-electron chi connectivity index (χ4n) is 4.69. The van der Waals surface area contributed by atoms with E-state index in [0.717, 1.165) is 27.7 Å². The third-order valence-electron chi connectivity index (χ3n) is 6.77. The van der Waals surface area contributed by atoms with E-state index >= 15 is 0 Å². The summed E-state index contributed by atoms with van der Waals surface area (Å²) in [4.78, 5) is 52.6. The van der Waals surface area contributed by atoms with E-state index in [1.165, 1.54) is 0 Å². The third-order valence-corrected chi connectivity index (χ3v) is 7.33. The number of hydrogen-bond donors (Lipinski definition) is 1. The number of carboxylic acid groups (broad SMARTS) is 1. The van der Waals surface area contributed by atoms with Gasteiger partial charge in [0.25, 0.3) is 11.8 Å². The number of fused-ring (bicyclic) bond motifs is 2. The summed E-state index contributed by atoms with van der Waals surface area (Å²) >= 11 is 0. The Morgan fingerprint density at radius 2 is 1.52 bits per heavy atom. The van der Waals surface area contributed by atoms with Gasteiger partial charge in [0.05, 0.1) is 22.8 Å². The number of imide groups is 1. The van der Waals surface area contributed by atoms with Crippen LogP contribution in [0.15, 0.2) is 66.7 Å². The van der Waals surface area contributed by atoms with Gasteiger partial charge >= 0.3 is 17.4 Å². The highest BCUT2D eigenvalue weighted by Crippen LogP contribution is 2.33. The van der Waals surface area contributed by atoms with E-state index in [9.17, 15) is 37.5 Å². The van der Waals surface area contributed by atoms with Crippen molar-refractivity contribution in [3.63, 3.8) is 0 Å². The van der Waals surface area contributed by atoms with Crippen molar-refractivity contribution in [2.24, 2.45) is 7.05 Å². The second-order valence-corrected chi connectivity index (χ2v) is 11.0. The van der Waals surface area contributed by atoms with Crippen molar-refractivity contribution in [1.82, 2.24) is 5.06 Å². The Bertz CT molecular complexity index is 1890. The van der Waals surface area contributed by atoms with E-state index in [-0.39, 0.29) is 24.8 Å². The quantitative estimate of drug-likeness (QED) is 0.110. The van der Waals surface area contributed by atoms with Gasteiger partial charge in [-0.05, 0) is 29.2 Å². The van der Waals surface area contributed by atoms with Crippen molar-refractivity contribution < 1.29 is 59.8 Å². The number of aryl methyl sites for hydroxylation is 2. The molecule has 5 rings (SSSR count). The van der Waals surface area contributed by atoms with Crippen LogP contribution in [0.2, 0.25) is 0 Å². The minimum atomic E-state index is -6.09. The number of aromatic carboxylic acids is 1. The molecule has 1 aliphatic rings. The standard InChI is InChI=1S/C28H22N2O6.CHF3O3S/c1-29-21-7-3-2-5-20(21)27(28(34)35)26-19(6-4-8-22(26)29)18-12-9-17(10-13-18)11-16-25(33)36-30-23(31)14-15-24(30)32;2-1(3,4)8(5,6)7/h2-10,12-13H,11,14-16H2,1H3;(H,5,6,7). The van der Waals surface area contributed by atoms with E-state index in [0.29, 0.717) is 22.3 Å². The molecule has 1 fully saturated rings. The number of pyridine rings is 1. The van der Waals surface area contributed by atoms with Crippen LogP contribution in [0.25, 0.3) is 32.9 Å². The topological polar surface area (TPSA) is 162 Å². The molecular formula is C29H23F3N2O9S. The van der Waals surface area contributed by atoms with Gasteiger partial charge in [-0.25, -0.2) is 18.0 Å². The monoisotopic (exact) mass is 632 g/mol. The molecule has 4 aromatic rings. The van der Waals surface area contributed by atoms with Crippen LogP contribution < -0.4 is 4.57 Å². The van der Waals surface area contributed by atoms with E-state index in [4.69, 9.17) is 17.8 Å². The Labute approximate surface area is 247 Å². The molecule has 2 amide bonds. The maximum Gasteiger partial charge on any atom is 0.485 e. The van der Waals surface area contributed by atoms with Gasteiger partial charge in [0.15, 0.2) is 10.1 Å². The Kier molecular flexibility index (Phi) is 9.01. The molecule has 1 aliphatic heterocycles. The molecule has 0 unspecified atom stereocenters. The van der Waals surface area contributed by atoms with E-state index in [1.54, 1.807) is 0 Å². The number of hydrogen-bond acceptors (Lipinski definition) is 8. The minimum Gasteiger partial charge on any atom is -0.741 e. The summed E-state index contributed by atoms with van der Waals surface area (Å²) in [6.07, 6.45) is 0.485. The van der Waals surface area contributed by atoms with Gasteiger partial charge in [-0.1, -0.05) is 48.5 Å². The van der Waals surface area contributed by atoms with Crippen molar-refractivity contribution in [3.8, 4) is 11.1 Å². The summed E-state index contributed by atoms with van der Waals surface area (Å²) in [7, 11) is -4.17. The first-order valence-electron chi connectivity index (χ1n) is 12.8. The smallest absolute Gasteiger partial charge is 0.485 e. The molecule has 230 valence electrons. The number of para-hydroxylation sites is 1. The van der Waals surface area contributed by atoms with Crippen LogP contribution in [0.3, 0.4) is 0 Å². The highest BCUT2D eigenvalue weighted by Gasteiger charge is 2.37. The number of nitrogens with zero attached hydrogens (tertiary/aromatic N) is 2. The van der Waals surface area contributed by atoms with Gasteiger partial charge in [-0.2, -0.15) is 17.7 Å². The zero-order chi connectivity index (χ0) is 32.4. The zero-order valence-corrected chi connectivity index (χ0v) is 23.6. The normalized spacial score (nSPS) is 13.6. The molecule has 0 bridgehead atoms. The molecule has 0 atom stereocenters. The molecule has 15 heteroatoms. The highest BCUT2D eigenvalue weighted by molar-refractivity contribution is 7.86. The number of benzene rings is 3. The summed E-state index contributed by atoms with van der Waals surface area (Å²) in [5.41, 5.74) is -1.24. The SMILES string of the molecule is C[n+]1c2ccccc2c(C(=O)O)c2c(-c3ccc(CCC(=O)ON4C(=O)CCC4=O)cc3)cccc21.O=S(=O)([O-])C(F)(F)F. The number of carbonyl (C=O) groups is 4. The van der Waals surface area contributed by atoms with Crippen molar-refractivity contribution in [3.05, 3.63) is 77.9 Å². The van der Waals surface area contributed by atoms with Crippen molar-refractivity contribution in [2.75, 3.05) is 0 Å². The molecule has 0 radical (unpaired) electrons. The predicted molar refractivity (Wildman–Crippen MR) is 146 cm³/mol. The molecule has 0 saturated carbocycles. The summed E-state index contributed by atoms with van der Waals surface area (Å²) in [6, 6.07) is 20.7. The number of aromatic nitrogens is 1. The second kappa shape index (κ2) is 12.4. The van der Waals surface area contributed by atoms with Gasteiger partial charge in [0.1, 0.15) is 7.05 Å². The maximum absolute atomic E-state index is 12.4. The first kappa shape index (κ1) is 32.0. The molecule has 3 aromatic carbocycles. The summed E-state index contributed by atoms with van der Waals surface area (Å²) in [5.74, 6) is -2.65. The van der Waals surface area contributed by atoms with Crippen molar-refractivity contribution in [2.45, 2.75) is 31.2 Å². The summed E-state index contributed by atoms with van der Waals surface area (Å²) in [6.45, 7) is 0. The highest BCUT2D eigenvalue weighted by atomic mass is 32.2. The van der Waals surface area contributed by atoms with Crippen LogP contribution in [-0.2, 0) is 42.8 Å². The fourth-order valence-corrected chi connectivity index (χ4v) is 4.69. The van der Waals surface area contributed by atoms with Crippen LogP contribution in [-0.4, -0.2) is 52.4 Å². The molecular weight excluding hydrogens is 609 g/mol. The molecule has 2 heterocycles. The largest absolute Gasteiger partial charge is 0.741 e. The van der Waals surface area contributed by atoms with Crippen LogP contribution in [0, 0.1) is 0 Å². The number of amides is 2. The van der Waals surface area contributed by atoms with Gasteiger partial charge in [-0.3, -0.25) is 9.59 Å². The van der Waals surface area contributed by atoms with Gasteiger partial charge < -0.3 is 14.5 Å². The molecule has 1 saturated heterocycles. The Morgan fingerprint density at radius 3 is 2.09 bits per heavy atom. The number of alkyl halides is 3. The Hall–Kier alpha value is -4.89. The molecule has 44 heavy (non-hydrogen) atoms. The Balaban J connectivity index is 0.000000488. The molecule has 1 N–H and O–H groups in total. The van der Waals surface area contributed by atoms with Crippen LogP contribution in [0.4, 0.5) is 13.2 Å².